The number of fused-ring (bicyclic) bond motifs is 1. The molecule has 1 heterocycles. The highest BCUT2D eigenvalue weighted by molar-refractivity contribution is 6.30. The number of nitrogens with zero attached hydrogens (tertiary/aromatic N) is 2. The Morgan fingerprint density at radius 2 is 1.92 bits per heavy atom. The molecule has 1 N–H and O–H groups in total. The van der Waals surface area contributed by atoms with Crippen LogP contribution >= 0.6 is 11.6 Å². The second-order valence-electron chi connectivity index (χ2n) is 6.23. The number of halogens is 1. The van der Waals surface area contributed by atoms with Gasteiger partial charge < -0.3 is 9.84 Å². The van der Waals surface area contributed by atoms with Crippen LogP contribution < -0.4 is 10.2 Å². The number of benzene rings is 2. The topological polar surface area (TPSA) is 81.4 Å². The van der Waals surface area contributed by atoms with Crippen molar-refractivity contribution < 1.29 is 14.6 Å². The molecule has 0 bridgehead atoms. The molecule has 3 aromatic rings. The fraction of sp³-hybridized carbons (Fsp3) is 0.211. The average Bonchev–Trinajstić information content (AvgIpc) is 2.60. The van der Waals surface area contributed by atoms with Gasteiger partial charge in [-0.2, -0.15) is 5.10 Å². The molecule has 6 nitrogen and oxygen atoms in total. The molecule has 0 fully saturated rings. The summed E-state index contributed by atoms with van der Waals surface area (Å²) in [6, 6.07) is 11.8. The Bertz CT molecular complexity index is 1030. The van der Waals surface area contributed by atoms with Gasteiger partial charge in [0.2, 0.25) is 11.1 Å². The molecule has 0 atom stereocenters. The van der Waals surface area contributed by atoms with E-state index in [0.29, 0.717) is 28.6 Å². The Labute approximate surface area is 154 Å². The third-order valence-electron chi connectivity index (χ3n) is 3.72. The molecular formula is C19H17ClN2O4. The van der Waals surface area contributed by atoms with E-state index in [9.17, 15) is 14.7 Å². The largest absolute Gasteiger partial charge is 0.492 e. The summed E-state index contributed by atoms with van der Waals surface area (Å²) in [6.45, 7) is 4.38. The molecule has 1 aromatic heterocycles. The van der Waals surface area contributed by atoms with E-state index in [1.807, 2.05) is 13.8 Å². The fourth-order valence-electron chi connectivity index (χ4n) is 2.54. The summed E-state index contributed by atoms with van der Waals surface area (Å²) in [7, 11) is 0. The van der Waals surface area contributed by atoms with Gasteiger partial charge in [0.25, 0.3) is 0 Å². The van der Waals surface area contributed by atoms with Crippen molar-refractivity contribution in [3.63, 3.8) is 0 Å². The van der Waals surface area contributed by atoms with E-state index in [1.165, 1.54) is 4.68 Å². The number of rotatable bonds is 5. The molecule has 0 unspecified atom stereocenters. The van der Waals surface area contributed by atoms with Gasteiger partial charge in [-0.15, -0.1) is 0 Å². The van der Waals surface area contributed by atoms with E-state index in [-0.39, 0.29) is 11.3 Å². The minimum Gasteiger partial charge on any atom is -0.492 e. The number of carboxylic acid groups (broad SMARTS) is 1. The lowest BCUT2D eigenvalue weighted by Crippen LogP contribution is -2.23. The smallest absolute Gasteiger partial charge is 0.360 e. The van der Waals surface area contributed by atoms with Crippen molar-refractivity contribution in [2.75, 3.05) is 6.61 Å². The molecule has 3 rings (SSSR count). The quantitative estimate of drug-likeness (QED) is 0.737. The first-order chi connectivity index (χ1) is 12.4. The maximum Gasteiger partial charge on any atom is 0.360 e. The highest BCUT2D eigenvalue weighted by Gasteiger charge is 2.20. The predicted octanol–water partition coefficient (Wildman–Crippen LogP) is 3.77. The molecule has 7 heteroatoms. The first-order valence-electron chi connectivity index (χ1n) is 8.06. The maximum absolute atomic E-state index is 12.7. The van der Waals surface area contributed by atoms with Crippen molar-refractivity contribution >= 4 is 28.5 Å². The van der Waals surface area contributed by atoms with Gasteiger partial charge in [0.05, 0.1) is 23.2 Å². The van der Waals surface area contributed by atoms with Gasteiger partial charge in [-0.05, 0) is 42.3 Å². The molecule has 26 heavy (non-hydrogen) atoms. The number of carboxylic acids is 1. The predicted molar refractivity (Wildman–Crippen MR) is 99.6 cm³/mol. The zero-order valence-electron chi connectivity index (χ0n) is 14.3. The third-order valence-corrected chi connectivity index (χ3v) is 3.97. The van der Waals surface area contributed by atoms with Crippen molar-refractivity contribution in [3.05, 3.63) is 63.4 Å². The Kier molecular flexibility index (Phi) is 4.95. The summed E-state index contributed by atoms with van der Waals surface area (Å²) < 4.78 is 7.17. The van der Waals surface area contributed by atoms with Crippen LogP contribution in [0.1, 0.15) is 24.3 Å². The van der Waals surface area contributed by atoms with Crippen LogP contribution in [0, 0.1) is 5.92 Å². The normalized spacial score (nSPS) is 11.1. The van der Waals surface area contributed by atoms with E-state index in [4.69, 9.17) is 16.3 Å². The molecule has 0 spiro atoms. The number of hydrogen-bond donors (Lipinski definition) is 1. The summed E-state index contributed by atoms with van der Waals surface area (Å²) in [5, 5.41) is 14.2. The molecule has 134 valence electrons. The molecule has 2 aromatic carbocycles. The maximum atomic E-state index is 12.7. The molecule has 0 aliphatic heterocycles. The molecule has 0 aliphatic rings. The summed E-state index contributed by atoms with van der Waals surface area (Å²) in [5.41, 5.74) is -0.184. The molecular weight excluding hydrogens is 356 g/mol. The van der Waals surface area contributed by atoms with Crippen LogP contribution in [0.15, 0.2) is 47.3 Å². The van der Waals surface area contributed by atoms with Gasteiger partial charge in [0.15, 0.2) is 0 Å². The van der Waals surface area contributed by atoms with Gasteiger partial charge in [-0.25, -0.2) is 9.48 Å². The minimum absolute atomic E-state index is 0.190. The lowest BCUT2D eigenvalue weighted by molar-refractivity contribution is 0.0687. The van der Waals surface area contributed by atoms with Crippen LogP contribution in [0.5, 0.6) is 5.75 Å². The number of carbonyl (C=O) groups is 1. The number of aromatic nitrogens is 2. The SMILES string of the molecule is CC(C)COc1cccc2c1c(=O)c(C(=O)O)nn2-c1ccc(Cl)cc1. The lowest BCUT2D eigenvalue weighted by atomic mass is 10.1. The standard InChI is InChI=1S/C19H17ClN2O4/c1-11(2)10-26-15-5-3-4-14-16(15)18(23)17(19(24)25)21-22(14)13-8-6-12(20)7-9-13/h3-9,11H,10H2,1-2H3,(H,24,25). The third kappa shape index (κ3) is 3.41. The average molecular weight is 373 g/mol. The van der Waals surface area contributed by atoms with Crippen LogP contribution in [0.4, 0.5) is 0 Å². The van der Waals surface area contributed by atoms with Crippen molar-refractivity contribution in [1.82, 2.24) is 9.78 Å². The summed E-state index contributed by atoms with van der Waals surface area (Å²) >= 11 is 5.93. The van der Waals surface area contributed by atoms with Gasteiger partial charge in [0, 0.05) is 5.02 Å². The summed E-state index contributed by atoms with van der Waals surface area (Å²) in [4.78, 5) is 24.3. The van der Waals surface area contributed by atoms with E-state index in [1.54, 1.807) is 42.5 Å². The van der Waals surface area contributed by atoms with Crippen LogP contribution in [-0.4, -0.2) is 27.5 Å². The highest BCUT2D eigenvalue weighted by Crippen LogP contribution is 2.25. The van der Waals surface area contributed by atoms with Crippen molar-refractivity contribution in [1.29, 1.82) is 0 Å². The Balaban J connectivity index is 2.33. The summed E-state index contributed by atoms with van der Waals surface area (Å²) in [6.07, 6.45) is 0. The van der Waals surface area contributed by atoms with Gasteiger partial charge in [-0.1, -0.05) is 31.5 Å². The Hall–Kier alpha value is -2.86. The van der Waals surface area contributed by atoms with E-state index in [0.717, 1.165) is 0 Å². The van der Waals surface area contributed by atoms with E-state index < -0.39 is 17.1 Å². The van der Waals surface area contributed by atoms with Crippen molar-refractivity contribution in [2.45, 2.75) is 13.8 Å². The minimum atomic E-state index is -1.39. The second-order valence-corrected chi connectivity index (χ2v) is 6.66. The first kappa shape index (κ1) is 17.9. The molecule has 0 saturated heterocycles. The van der Waals surface area contributed by atoms with E-state index in [2.05, 4.69) is 5.10 Å². The van der Waals surface area contributed by atoms with Crippen LogP contribution in [-0.2, 0) is 0 Å². The number of aromatic carboxylic acids is 1. The highest BCUT2D eigenvalue weighted by atomic mass is 35.5. The number of hydrogen-bond acceptors (Lipinski definition) is 4. The van der Waals surface area contributed by atoms with Crippen LogP contribution in [0.2, 0.25) is 5.02 Å². The van der Waals surface area contributed by atoms with Gasteiger partial charge in [-0.3, -0.25) is 4.79 Å². The monoisotopic (exact) mass is 372 g/mol. The Morgan fingerprint density at radius 1 is 1.23 bits per heavy atom. The second kappa shape index (κ2) is 7.17. The Morgan fingerprint density at radius 3 is 2.54 bits per heavy atom. The van der Waals surface area contributed by atoms with Crippen LogP contribution in [0.25, 0.3) is 16.6 Å². The lowest BCUT2D eigenvalue weighted by Gasteiger charge is -2.15. The molecule has 0 radical (unpaired) electrons. The van der Waals surface area contributed by atoms with Crippen molar-refractivity contribution in [2.24, 2.45) is 5.92 Å². The molecule has 0 saturated carbocycles. The summed E-state index contributed by atoms with van der Waals surface area (Å²) in [5.74, 6) is -0.795. The van der Waals surface area contributed by atoms with E-state index >= 15 is 0 Å². The van der Waals surface area contributed by atoms with Gasteiger partial charge >= 0.3 is 5.97 Å². The van der Waals surface area contributed by atoms with Crippen molar-refractivity contribution in [3.8, 4) is 11.4 Å². The molecule has 0 aliphatic carbocycles. The number of ether oxygens (including phenoxy) is 1. The zero-order valence-corrected chi connectivity index (χ0v) is 15.0. The van der Waals surface area contributed by atoms with Crippen LogP contribution in [0.3, 0.4) is 0 Å². The first-order valence-corrected chi connectivity index (χ1v) is 8.44. The fourth-order valence-corrected chi connectivity index (χ4v) is 2.66. The molecule has 0 amide bonds. The zero-order chi connectivity index (χ0) is 18.8. The van der Waals surface area contributed by atoms with Gasteiger partial charge in [0.1, 0.15) is 5.75 Å².